The molecule has 0 saturated carbocycles. The average Bonchev–Trinajstić information content (AvgIpc) is 2.49. The summed E-state index contributed by atoms with van der Waals surface area (Å²) in [5.41, 5.74) is 3.40. The van der Waals surface area contributed by atoms with E-state index in [1.165, 1.54) is 11.8 Å². The van der Waals surface area contributed by atoms with E-state index < -0.39 is 0 Å². The molecule has 0 radical (unpaired) electrons. The molecule has 21 heavy (non-hydrogen) atoms. The molecule has 0 aliphatic heterocycles. The Morgan fingerprint density at radius 3 is 2.67 bits per heavy atom. The Kier molecular flexibility index (Phi) is 4.96. The van der Waals surface area contributed by atoms with Crippen molar-refractivity contribution in [1.82, 2.24) is 4.98 Å². The highest BCUT2D eigenvalue weighted by atomic mass is 32.2. The molecule has 1 heterocycles. The Balaban J connectivity index is 2.02. The van der Waals surface area contributed by atoms with Crippen molar-refractivity contribution >= 4 is 23.4 Å². The monoisotopic (exact) mass is 297 g/mol. The lowest BCUT2D eigenvalue weighted by Crippen LogP contribution is -2.16. The molecule has 2 rings (SSSR count). The van der Waals surface area contributed by atoms with Gasteiger partial charge in [0.2, 0.25) is 5.91 Å². The van der Waals surface area contributed by atoms with Gasteiger partial charge in [-0.05, 0) is 37.1 Å². The SMILES string of the molecule is Cc1cccc(C)c1NC(=O)CSc1ncccc1C#N. The summed E-state index contributed by atoms with van der Waals surface area (Å²) in [6.07, 6.45) is 1.62. The fourth-order valence-corrected chi connectivity index (χ4v) is 2.66. The second-order valence-electron chi connectivity index (χ2n) is 4.57. The summed E-state index contributed by atoms with van der Waals surface area (Å²) in [4.78, 5) is 16.2. The van der Waals surface area contributed by atoms with Crippen molar-refractivity contribution in [2.45, 2.75) is 18.9 Å². The van der Waals surface area contributed by atoms with Crippen LogP contribution in [0.2, 0.25) is 0 Å². The molecule has 0 saturated heterocycles. The number of aromatic nitrogens is 1. The molecule has 0 atom stereocenters. The maximum Gasteiger partial charge on any atom is 0.234 e. The molecular formula is C16H15N3OS. The standard InChI is InChI=1S/C16H15N3OS/c1-11-5-3-6-12(2)15(11)19-14(20)10-21-16-13(9-17)7-4-8-18-16/h3-8H,10H2,1-2H3,(H,19,20). The van der Waals surface area contributed by atoms with Crippen LogP contribution in [0.3, 0.4) is 0 Å². The maximum atomic E-state index is 12.0. The number of amides is 1. The minimum absolute atomic E-state index is 0.105. The fraction of sp³-hybridized carbons (Fsp3) is 0.188. The van der Waals surface area contributed by atoms with Gasteiger partial charge in [0.1, 0.15) is 11.1 Å². The summed E-state index contributed by atoms with van der Waals surface area (Å²) in [6, 6.07) is 11.4. The Bertz CT molecular complexity index is 687. The van der Waals surface area contributed by atoms with Crippen LogP contribution in [0.5, 0.6) is 0 Å². The number of carbonyl (C=O) groups excluding carboxylic acids is 1. The summed E-state index contributed by atoms with van der Waals surface area (Å²) < 4.78 is 0. The first-order valence-electron chi connectivity index (χ1n) is 6.46. The van der Waals surface area contributed by atoms with Gasteiger partial charge in [0.25, 0.3) is 0 Å². The topological polar surface area (TPSA) is 65.8 Å². The normalized spacial score (nSPS) is 9.95. The highest BCUT2D eigenvalue weighted by Crippen LogP contribution is 2.22. The average molecular weight is 297 g/mol. The van der Waals surface area contributed by atoms with Crippen LogP contribution in [0.1, 0.15) is 16.7 Å². The first kappa shape index (κ1) is 15.1. The third-order valence-corrected chi connectivity index (χ3v) is 3.98. The first-order valence-corrected chi connectivity index (χ1v) is 7.44. The van der Waals surface area contributed by atoms with E-state index in [9.17, 15) is 4.79 Å². The minimum Gasteiger partial charge on any atom is -0.325 e. The van der Waals surface area contributed by atoms with E-state index >= 15 is 0 Å². The van der Waals surface area contributed by atoms with Gasteiger partial charge in [0, 0.05) is 11.9 Å². The van der Waals surface area contributed by atoms with Crippen molar-refractivity contribution < 1.29 is 4.79 Å². The number of hydrogen-bond acceptors (Lipinski definition) is 4. The van der Waals surface area contributed by atoms with Crippen LogP contribution in [0.25, 0.3) is 0 Å². The van der Waals surface area contributed by atoms with E-state index in [4.69, 9.17) is 5.26 Å². The van der Waals surface area contributed by atoms with Crippen LogP contribution < -0.4 is 5.32 Å². The largest absolute Gasteiger partial charge is 0.325 e. The number of thioether (sulfide) groups is 1. The predicted molar refractivity (Wildman–Crippen MR) is 84.2 cm³/mol. The number of nitrogens with zero attached hydrogens (tertiary/aromatic N) is 2. The highest BCUT2D eigenvalue weighted by Gasteiger charge is 2.10. The van der Waals surface area contributed by atoms with Gasteiger partial charge in [-0.1, -0.05) is 30.0 Å². The Hall–Kier alpha value is -2.32. The first-order chi connectivity index (χ1) is 10.1. The number of benzene rings is 1. The van der Waals surface area contributed by atoms with Crippen LogP contribution in [-0.2, 0) is 4.79 Å². The van der Waals surface area contributed by atoms with E-state index in [0.29, 0.717) is 10.6 Å². The molecule has 1 N–H and O–H groups in total. The summed E-state index contributed by atoms with van der Waals surface area (Å²) >= 11 is 1.27. The second-order valence-corrected chi connectivity index (χ2v) is 5.54. The lowest BCUT2D eigenvalue weighted by Gasteiger charge is -2.11. The molecular weight excluding hydrogens is 282 g/mol. The summed E-state index contributed by atoms with van der Waals surface area (Å²) in [5, 5.41) is 12.5. The predicted octanol–water partition coefficient (Wildman–Crippen LogP) is 3.30. The zero-order valence-electron chi connectivity index (χ0n) is 11.9. The van der Waals surface area contributed by atoms with Crippen LogP contribution in [-0.4, -0.2) is 16.6 Å². The minimum atomic E-state index is -0.105. The zero-order chi connectivity index (χ0) is 15.2. The van der Waals surface area contributed by atoms with Gasteiger partial charge in [0.05, 0.1) is 11.3 Å². The molecule has 106 valence electrons. The molecule has 0 unspecified atom stereocenters. The molecule has 1 amide bonds. The number of nitrogens with one attached hydrogen (secondary N) is 1. The van der Waals surface area contributed by atoms with Gasteiger partial charge in [-0.2, -0.15) is 5.26 Å². The number of carbonyl (C=O) groups is 1. The summed E-state index contributed by atoms with van der Waals surface area (Å²) in [7, 11) is 0. The van der Waals surface area contributed by atoms with Crippen LogP contribution >= 0.6 is 11.8 Å². The highest BCUT2D eigenvalue weighted by molar-refractivity contribution is 8.00. The molecule has 1 aromatic heterocycles. The Morgan fingerprint density at radius 1 is 1.29 bits per heavy atom. The second kappa shape index (κ2) is 6.91. The number of aryl methyl sites for hydroxylation is 2. The third kappa shape index (κ3) is 3.83. The summed E-state index contributed by atoms with van der Waals surface area (Å²) in [5.74, 6) is 0.117. The fourth-order valence-electron chi connectivity index (χ4n) is 1.91. The quantitative estimate of drug-likeness (QED) is 0.879. The number of para-hydroxylation sites is 1. The smallest absolute Gasteiger partial charge is 0.234 e. The van der Waals surface area contributed by atoms with Gasteiger partial charge in [-0.15, -0.1) is 0 Å². The van der Waals surface area contributed by atoms with Gasteiger partial charge in [0.15, 0.2) is 0 Å². The number of anilines is 1. The van der Waals surface area contributed by atoms with Crippen molar-refractivity contribution in [3.63, 3.8) is 0 Å². The molecule has 4 nitrogen and oxygen atoms in total. The van der Waals surface area contributed by atoms with Crippen LogP contribution in [0.15, 0.2) is 41.6 Å². The van der Waals surface area contributed by atoms with Crippen molar-refractivity contribution in [3.05, 3.63) is 53.2 Å². The van der Waals surface area contributed by atoms with Gasteiger partial charge >= 0.3 is 0 Å². The van der Waals surface area contributed by atoms with E-state index in [0.717, 1.165) is 16.8 Å². The maximum absolute atomic E-state index is 12.0. The van der Waals surface area contributed by atoms with E-state index in [-0.39, 0.29) is 11.7 Å². The number of nitriles is 1. The molecule has 0 bridgehead atoms. The van der Waals surface area contributed by atoms with Crippen LogP contribution in [0, 0.1) is 25.2 Å². The van der Waals surface area contributed by atoms with E-state index in [1.807, 2.05) is 32.0 Å². The molecule has 5 heteroatoms. The molecule has 1 aromatic carbocycles. The summed E-state index contributed by atoms with van der Waals surface area (Å²) in [6.45, 7) is 3.92. The van der Waals surface area contributed by atoms with Crippen LogP contribution in [0.4, 0.5) is 5.69 Å². The van der Waals surface area contributed by atoms with Gasteiger partial charge in [-0.3, -0.25) is 4.79 Å². The van der Waals surface area contributed by atoms with Crippen molar-refractivity contribution in [2.75, 3.05) is 11.1 Å². The number of pyridine rings is 1. The van der Waals surface area contributed by atoms with Crippen molar-refractivity contribution in [2.24, 2.45) is 0 Å². The third-order valence-electron chi connectivity index (χ3n) is 2.98. The molecule has 0 spiro atoms. The molecule has 0 aliphatic carbocycles. The number of hydrogen-bond donors (Lipinski definition) is 1. The Labute approximate surface area is 128 Å². The van der Waals surface area contributed by atoms with Crippen molar-refractivity contribution in [3.8, 4) is 6.07 Å². The van der Waals surface area contributed by atoms with Crippen molar-refractivity contribution in [1.29, 1.82) is 5.26 Å². The van der Waals surface area contributed by atoms with Gasteiger partial charge < -0.3 is 5.32 Å². The van der Waals surface area contributed by atoms with Gasteiger partial charge in [-0.25, -0.2) is 4.98 Å². The number of rotatable bonds is 4. The molecule has 0 fully saturated rings. The lowest BCUT2D eigenvalue weighted by molar-refractivity contribution is -0.113. The Morgan fingerprint density at radius 2 is 2.00 bits per heavy atom. The molecule has 0 aliphatic rings. The zero-order valence-corrected chi connectivity index (χ0v) is 12.7. The lowest BCUT2D eigenvalue weighted by atomic mass is 10.1. The van der Waals surface area contributed by atoms with E-state index in [1.54, 1.807) is 18.3 Å². The molecule has 2 aromatic rings. The van der Waals surface area contributed by atoms with E-state index in [2.05, 4.69) is 16.4 Å².